The zero-order valence-electron chi connectivity index (χ0n) is 42.9. The monoisotopic (exact) mass is 1030 g/mol. The third kappa shape index (κ3) is 11.3. The topological polar surface area (TPSA) is 169 Å². The number of amides is 5. The van der Waals surface area contributed by atoms with E-state index in [9.17, 15) is 28.8 Å². The van der Waals surface area contributed by atoms with Crippen molar-refractivity contribution >= 4 is 40.3 Å². The van der Waals surface area contributed by atoms with Crippen molar-refractivity contribution < 1.29 is 37.5 Å². The van der Waals surface area contributed by atoms with E-state index in [1.807, 2.05) is 28.0 Å². The highest BCUT2D eigenvalue weighted by Crippen LogP contribution is 2.49. The molecule has 0 radical (unpaired) electrons. The summed E-state index contributed by atoms with van der Waals surface area (Å²) in [7, 11) is 0. The number of H-pyrrole nitrogens is 1. The lowest BCUT2D eigenvalue weighted by Gasteiger charge is -2.40. The highest BCUT2D eigenvalue weighted by Gasteiger charge is 2.46. The Morgan fingerprint density at radius 3 is 2.01 bits per heavy atom. The van der Waals surface area contributed by atoms with Crippen molar-refractivity contribution in [3.63, 3.8) is 0 Å². The van der Waals surface area contributed by atoms with Gasteiger partial charge in [0.1, 0.15) is 17.7 Å². The number of fused-ring (bicyclic) bond motifs is 3. The first-order valence-corrected chi connectivity index (χ1v) is 27.8. The molecule has 398 valence electrons. The number of aromatic amines is 1. The molecule has 3 aliphatic carbocycles. The Morgan fingerprint density at radius 2 is 1.33 bits per heavy atom. The number of nitrogens with zero attached hydrogens (tertiary/aromatic N) is 6. The van der Waals surface area contributed by atoms with E-state index in [0.717, 1.165) is 89.3 Å². The first kappa shape index (κ1) is 51.1. The van der Waals surface area contributed by atoms with Gasteiger partial charge >= 0.3 is 0 Å². The molecular formula is C58H70F2N8O7. The fourth-order valence-corrected chi connectivity index (χ4v) is 13.4. The van der Waals surface area contributed by atoms with E-state index in [1.165, 1.54) is 12.1 Å². The first-order chi connectivity index (χ1) is 36.4. The van der Waals surface area contributed by atoms with E-state index < -0.39 is 29.5 Å². The van der Waals surface area contributed by atoms with Crippen LogP contribution in [0.4, 0.5) is 8.78 Å². The molecule has 17 heteroatoms. The maximum Gasteiger partial charge on any atom is 0.272 e. The summed E-state index contributed by atoms with van der Waals surface area (Å²) >= 11 is 0. The molecule has 2 N–H and O–H groups in total. The molecule has 11 rings (SSSR count). The lowest BCUT2D eigenvalue weighted by Crippen LogP contribution is -2.55. The quantitative estimate of drug-likeness (QED) is 0.157. The van der Waals surface area contributed by atoms with Crippen molar-refractivity contribution in [2.24, 2.45) is 23.7 Å². The Morgan fingerprint density at radius 1 is 0.667 bits per heavy atom. The average molecular weight is 1030 g/mol. The Kier molecular flexibility index (Phi) is 15.2. The minimum Gasteiger partial charge on any atom is -0.375 e. The van der Waals surface area contributed by atoms with Gasteiger partial charge in [0.2, 0.25) is 17.7 Å². The Bertz CT molecular complexity index is 2830. The van der Waals surface area contributed by atoms with Gasteiger partial charge < -0.3 is 29.7 Å². The summed E-state index contributed by atoms with van der Waals surface area (Å²) in [6.45, 7) is 5.44. The number of hydrogen-bond acceptors (Lipinski definition) is 9. The standard InChI is InChI=1S/C58H70F2N8O7/c59-48-17-10-36(31-50-44-8-4-5-9-45(44)55(71)63-62-50)30-47(48)57(73)67-28-26-65(27-29-67)51(69)35-64-22-18-42(19-23-64)75-43-20-24-66(25-21-43)58(74)53(37-6-2-1-3-7-37)61-54(70)46-16-15-39(32-49(46)60)52-40-13-14-41(52)34-68(33-40)56(72)38-11-12-38/h4-5,8-10,15-17,30,32,37-38,40-43,52-53H,1-3,6-7,11-14,18-29,31,33-35H2,(H,61,70)(H,63,71). The number of carbonyl (C=O) groups excluding carboxylic acids is 5. The number of piperidine rings is 3. The Hall–Kier alpha value is -6.07. The minimum absolute atomic E-state index is 0.00448. The molecule has 5 amide bonds. The van der Waals surface area contributed by atoms with Crippen LogP contribution < -0.4 is 10.9 Å². The van der Waals surface area contributed by atoms with E-state index in [4.69, 9.17) is 4.74 Å². The van der Waals surface area contributed by atoms with E-state index in [2.05, 4.69) is 20.4 Å². The smallest absolute Gasteiger partial charge is 0.272 e. The first-order valence-electron chi connectivity index (χ1n) is 27.8. The van der Waals surface area contributed by atoms with Crippen LogP contribution in [0.1, 0.15) is 127 Å². The Balaban J connectivity index is 0.618. The second kappa shape index (κ2) is 22.3. The number of carbonyl (C=O) groups is 5. The average Bonchev–Trinajstić information content (AvgIpc) is 4.26. The van der Waals surface area contributed by atoms with Crippen LogP contribution in [-0.4, -0.2) is 154 Å². The van der Waals surface area contributed by atoms with Gasteiger partial charge in [-0.05, 0) is 129 Å². The molecule has 3 aromatic carbocycles. The molecule has 75 heavy (non-hydrogen) atoms. The number of halogens is 2. The van der Waals surface area contributed by atoms with Gasteiger partial charge in [0.25, 0.3) is 17.4 Å². The molecular weight excluding hydrogens is 959 g/mol. The number of benzene rings is 3. The van der Waals surface area contributed by atoms with E-state index in [0.29, 0.717) is 92.4 Å². The maximum atomic E-state index is 16.0. The van der Waals surface area contributed by atoms with E-state index in [-0.39, 0.29) is 84.0 Å². The Labute approximate surface area is 436 Å². The molecule has 15 nitrogen and oxygen atoms in total. The molecule has 0 spiro atoms. The molecule has 7 aliphatic rings. The highest BCUT2D eigenvalue weighted by atomic mass is 19.1. The van der Waals surface area contributed by atoms with Gasteiger partial charge in [-0.15, -0.1) is 0 Å². The fraction of sp³-hybridized carbons (Fsp3) is 0.569. The number of rotatable bonds is 13. The van der Waals surface area contributed by atoms with Gasteiger partial charge in [-0.2, -0.15) is 5.10 Å². The van der Waals surface area contributed by atoms with Crippen molar-refractivity contribution in [1.82, 2.24) is 40.0 Å². The summed E-state index contributed by atoms with van der Waals surface area (Å²) in [6, 6.07) is 15.9. The molecule has 4 aromatic rings. The van der Waals surface area contributed by atoms with Crippen molar-refractivity contribution in [3.05, 3.63) is 111 Å². The predicted molar refractivity (Wildman–Crippen MR) is 277 cm³/mol. The number of nitrogens with one attached hydrogen (secondary N) is 2. The van der Waals surface area contributed by atoms with Crippen molar-refractivity contribution in [2.45, 2.75) is 114 Å². The van der Waals surface area contributed by atoms with E-state index in [1.54, 1.807) is 40.1 Å². The molecule has 4 aliphatic heterocycles. The summed E-state index contributed by atoms with van der Waals surface area (Å²) in [4.78, 5) is 89.9. The zero-order valence-corrected chi connectivity index (χ0v) is 42.9. The third-order valence-corrected chi connectivity index (χ3v) is 17.7. The zero-order chi connectivity index (χ0) is 51.7. The van der Waals surface area contributed by atoms with Gasteiger partial charge in [0.15, 0.2) is 0 Å². The summed E-state index contributed by atoms with van der Waals surface area (Å²) in [5.74, 6) is -1.06. The normalized spacial score (nSPS) is 23.6. The van der Waals surface area contributed by atoms with Crippen molar-refractivity contribution in [3.8, 4) is 0 Å². The largest absolute Gasteiger partial charge is 0.375 e. The summed E-state index contributed by atoms with van der Waals surface area (Å²) in [5, 5.41) is 11.0. The molecule has 3 atom stereocenters. The van der Waals surface area contributed by atoms with Crippen LogP contribution in [0, 0.1) is 35.3 Å². The second-order valence-electron chi connectivity index (χ2n) is 22.6. The van der Waals surface area contributed by atoms with Crippen molar-refractivity contribution in [2.75, 3.05) is 72.0 Å². The second-order valence-corrected chi connectivity index (χ2v) is 22.6. The van der Waals surface area contributed by atoms with Crippen molar-refractivity contribution in [1.29, 1.82) is 0 Å². The maximum absolute atomic E-state index is 16.0. The summed E-state index contributed by atoms with van der Waals surface area (Å²) < 4.78 is 37.7. The summed E-state index contributed by atoms with van der Waals surface area (Å²) in [6.07, 6.45) is 12.0. The lowest BCUT2D eigenvalue weighted by molar-refractivity contribution is -0.140. The number of hydrogen-bond donors (Lipinski definition) is 2. The number of aromatic nitrogens is 2. The SMILES string of the molecule is O=C(NC(C(=O)N1CCC(OC2CCN(CC(=O)N3CCN(C(=O)c4cc(Cc5n[nH]c(=O)c6ccccc56)ccc4F)CC3)CC2)CC1)C1CCCCC1)c1ccc(C2C3CCC2CN(C(=O)C2CC2)C3)cc1F. The lowest BCUT2D eigenvalue weighted by atomic mass is 9.79. The van der Waals surface area contributed by atoms with Crippen LogP contribution in [0.25, 0.3) is 10.8 Å². The highest BCUT2D eigenvalue weighted by molar-refractivity contribution is 5.98. The molecule has 2 bridgehead atoms. The van der Waals surface area contributed by atoms with Crippen LogP contribution in [-0.2, 0) is 25.5 Å². The summed E-state index contributed by atoms with van der Waals surface area (Å²) in [5.41, 5.74) is 1.83. The molecule has 1 aromatic heterocycles. The van der Waals surface area contributed by atoms with Crippen LogP contribution >= 0.6 is 0 Å². The van der Waals surface area contributed by atoms with Crippen LogP contribution in [0.2, 0.25) is 0 Å². The number of ether oxygens (including phenoxy) is 1. The third-order valence-electron chi connectivity index (χ3n) is 17.7. The molecule has 7 fully saturated rings. The number of likely N-dealkylation sites (tertiary alicyclic amines) is 3. The van der Waals surface area contributed by atoms with Crippen LogP contribution in [0.15, 0.2) is 65.5 Å². The number of piperazine rings is 1. The molecule has 3 saturated carbocycles. The van der Waals surface area contributed by atoms with Crippen LogP contribution in [0.5, 0.6) is 0 Å². The minimum atomic E-state index is -0.731. The van der Waals surface area contributed by atoms with Gasteiger partial charge in [-0.1, -0.05) is 49.6 Å². The van der Waals surface area contributed by atoms with Gasteiger partial charge in [0, 0.05) is 83.2 Å². The van der Waals surface area contributed by atoms with E-state index >= 15 is 8.78 Å². The van der Waals surface area contributed by atoms with Gasteiger partial charge in [-0.3, -0.25) is 33.7 Å². The van der Waals surface area contributed by atoms with Gasteiger partial charge in [-0.25, -0.2) is 13.9 Å². The molecule has 3 unspecified atom stereocenters. The predicted octanol–water partition coefficient (Wildman–Crippen LogP) is 6.29. The fourth-order valence-electron chi connectivity index (χ4n) is 13.4. The molecule has 5 heterocycles. The molecule has 4 saturated heterocycles. The van der Waals surface area contributed by atoms with Crippen LogP contribution in [0.3, 0.4) is 0 Å². The van der Waals surface area contributed by atoms with Gasteiger partial charge in [0.05, 0.1) is 41.0 Å².